The van der Waals surface area contributed by atoms with Crippen LogP contribution in [-0.2, 0) is 0 Å². The summed E-state index contributed by atoms with van der Waals surface area (Å²) in [5, 5.41) is 10.1. The Morgan fingerprint density at radius 3 is 2.33 bits per heavy atom. The molecule has 2 atom stereocenters. The average Bonchev–Trinajstić information content (AvgIpc) is 3.31. The molecule has 1 fully saturated rings. The van der Waals surface area contributed by atoms with Crippen molar-refractivity contribution in [1.82, 2.24) is 19.9 Å². The molecule has 1 saturated heterocycles. The van der Waals surface area contributed by atoms with Gasteiger partial charge in [0.1, 0.15) is 0 Å². The van der Waals surface area contributed by atoms with E-state index in [2.05, 4.69) is 65.6 Å². The first-order chi connectivity index (χ1) is 17.5. The molecule has 1 aliphatic heterocycles. The second-order valence-corrected chi connectivity index (χ2v) is 9.74. The lowest BCUT2D eigenvalue weighted by atomic mass is 9.95. The smallest absolute Gasteiger partial charge is 0.162 e. The van der Waals surface area contributed by atoms with Gasteiger partial charge in [-0.1, -0.05) is 48.5 Å². The second kappa shape index (κ2) is 8.88. The monoisotopic (exact) mass is 475 g/mol. The predicted octanol–water partition coefficient (Wildman–Crippen LogP) is 5.61. The summed E-state index contributed by atoms with van der Waals surface area (Å²) >= 11 is 0. The van der Waals surface area contributed by atoms with Crippen molar-refractivity contribution in [2.24, 2.45) is 0 Å². The first-order valence-electron chi connectivity index (χ1n) is 12.5. The molecule has 6 heteroatoms. The summed E-state index contributed by atoms with van der Waals surface area (Å²) in [6, 6.07) is 21.6. The van der Waals surface area contributed by atoms with Crippen molar-refractivity contribution in [3.63, 3.8) is 0 Å². The van der Waals surface area contributed by atoms with E-state index in [0.29, 0.717) is 12.1 Å². The number of ketones is 1. The van der Waals surface area contributed by atoms with Crippen LogP contribution in [-0.4, -0.2) is 45.6 Å². The summed E-state index contributed by atoms with van der Waals surface area (Å²) in [6.45, 7) is 8.14. The molecule has 3 aromatic carbocycles. The van der Waals surface area contributed by atoms with E-state index >= 15 is 0 Å². The Balaban J connectivity index is 1.36. The first-order valence-corrected chi connectivity index (χ1v) is 12.5. The van der Waals surface area contributed by atoms with E-state index in [1.165, 1.54) is 5.69 Å². The van der Waals surface area contributed by atoms with Crippen molar-refractivity contribution < 1.29 is 4.79 Å². The van der Waals surface area contributed by atoms with Crippen molar-refractivity contribution in [2.75, 3.05) is 18.0 Å². The number of nitrogens with zero attached hydrogens (tertiary/aromatic N) is 4. The van der Waals surface area contributed by atoms with Crippen LogP contribution in [0.3, 0.4) is 0 Å². The molecule has 6 rings (SSSR count). The highest BCUT2D eigenvalue weighted by molar-refractivity contribution is 6.11. The van der Waals surface area contributed by atoms with Crippen LogP contribution >= 0.6 is 0 Å². The number of rotatable bonds is 4. The van der Waals surface area contributed by atoms with Gasteiger partial charge in [0.2, 0.25) is 0 Å². The van der Waals surface area contributed by atoms with Crippen LogP contribution in [0, 0.1) is 0 Å². The van der Waals surface area contributed by atoms with Crippen molar-refractivity contribution in [2.45, 2.75) is 32.9 Å². The molecule has 6 nitrogen and oxygen atoms in total. The Kier molecular flexibility index (Phi) is 5.53. The topological polar surface area (TPSA) is 62.5 Å². The average molecular weight is 476 g/mol. The number of fused-ring (bicyclic) bond motifs is 2. The number of carbonyl (C=O) groups is 1. The third-order valence-electron chi connectivity index (χ3n) is 7.28. The third kappa shape index (κ3) is 3.74. The van der Waals surface area contributed by atoms with Crippen molar-refractivity contribution >= 4 is 27.9 Å². The Hall–Kier alpha value is -4.03. The number of hydrogen-bond acceptors (Lipinski definition) is 5. The molecule has 180 valence electrons. The fraction of sp³-hybridized carbons (Fsp3) is 0.233. The number of hydrogen-bond donors (Lipinski definition) is 1. The quantitative estimate of drug-likeness (QED) is 0.343. The highest BCUT2D eigenvalue weighted by atomic mass is 16.1. The minimum atomic E-state index is 0.0623. The molecule has 0 saturated carbocycles. The van der Waals surface area contributed by atoms with E-state index in [0.717, 1.165) is 57.3 Å². The van der Waals surface area contributed by atoms with Crippen molar-refractivity contribution in [1.29, 1.82) is 0 Å². The van der Waals surface area contributed by atoms with Gasteiger partial charge in [0, 0.05) is 59.9 Å². The van der Waals surface area contributed by atoms with E-state index < -0.39 is 0 Å². The number of benzene rings is 3. The molecule has 0 spiro atoms. The molecule has 0 radical (unpaired) electrons. The number of carbonyl (C=O) groups excluding carboxylic acids is 1. The molecule has 0 bridgehead atoms. The number of aromatic nitrogens is 3. The molecule has 5 aromatic rings. The first kappa shape index (κ1) is 22.4. The number of Topliss-reactive ketones (excluding diaryl/α,β-unsaturated/α-hetero) is 1. The van der Waals surface area contributed by atoms with Crippen LogP contribution < -0.4 is 10.2 Å². The summed E-state index contributed by atoms with van der Waals surface area (Å²) in [5.41, 5.74) is 6.86. The number of piperazine rings is 1. The van der Waals surface area contributed by atoms with Crippen molar-refractivity contribution in [3.05, 3.63) is 84.8 Å². The summed E-state index contributed by atoms with van der Waals surface area (Å²) in [4.78, 5) is 19.4. The minimum absolute atomic E-state index is 0.0623. The van der Waals surface area contributed by atoms with Crippen LogP contribution in [0.5, 0.6) is 0 Å². The van der Waals surface area contributed by atoms with Crippen molar-refractivity contribution in [3.8, 4) is 22.3 Å². The summed E-state index contributed by atoms with van der Waals surface area (Å²) in [7, 11) is 0. The highest BCUT2D eigenvalue weighted by Gasteiger charge is 2.24. The number of nitrogens with one attached hydrogen (secondary N) is 1. The van der Waals surface area contributed by atoms with Crippen LogP contribution in [0.2, 0.25) is 0 Å². The molecule has 3 heterocycles. The van der Waals surface area contributed by atoms with Gasteiger partial charge in [-0.2, -0.15) is 5.10 Å². The molecule has 0 aliphatic carbocycles. The van der Waals surface area contributed by atoms with Gasteiger partial charge in [-0.15, -0.1) is 0 Å². The highest BCUT2D eigenvalue weighted by Crippen LogP contribution is 2.33. The molecule has 0 amide bonds. The predicted molar refractivity (Wildman–Crippen MR) is 146 cm³/mol. The SMILES string of the molecule is CC(=O)c1cccc2c(-c3cnn4cc(-c5ccc(N6[C@H](C)CNC[C@@H]6C)cc5)cnc34)cccc12. The van der Waals surface area contributed by atoms with Crippen LogP contribution in [0.15, 0.2) is 79.3 Å². The maximum Gasteiger partial charge on any atom is 0.162 e. The molecular formula is C30H29N5O. The Morgan fingerprint density at radius 2 is 1.58 bits per heavy atom. The lowest BCUT2D eigenvalue weighted by Gasteiger charge is -2.41. The van der Waals surface area contributed by atoms with Crippen LogP contribution in [0.25, 0.3) is 38.7 Å². The number of anilines is 1. The zero-order chi connectivity index (χ0) is 24.8. The van der Waals surface area contributed by atoms with Gasteiger partial charge < -0.3 is 10.2 Å². The van der Waals surface area contributed by atoms with Gasteiger partial charge in [-0.05, 0) is 54.8 Å². The van der Waals surface area contributed by atoms with E-state index in [1.54, 1.807) is 6.92 Å². The van der Waals surface area contributed by atoms with Gasteiger partial charge in [0.15, 0.2) is 11.4 Å². The maximum absolute atomic E-state index is 12.2. The summed E-state index contributed by atoms with van der Waals surface area (Å²) in [6.07, 6.45) is 5.80. The Morgan fingerprint density at radius 1 is 0.861 bits per heavy atom. The van der Waals surface area contributed by atoms with Crippen LogP contribution in [0.4, 0.5) is 5.69 Å². The lowest BCUT2D eigenvalue weighted by Crippen LogP contribution is -2.55. The molecule has 0 unspecified atom stereocenters. The summed E-state index contributed by atoms with van der Waals surface area (Å²) < 4.78 is 1.84. The fourth-order valence-electron chi connectivity index (χ4n) is 5.53. The third-order valence-corrected chi connectivity index (χ3v) is 7.28. The lowest BCUT2D eigenvalue weighted by molar-refractivity contribution is 0.101. The van der Waals surface area contributed by atoms with Crippen LogP contribution in [0.1, 0.15) is 31.1 Å². The van der Waals surface area contributed by atoms with Gasteiger partial charge in [0.25, 0.3) is 0 Å². The molecule has 36 heavy (non-hydrogen) atoms. The standard InChI is InChI=1S/C30H29N5O/c1-19-14-31-15-20(2)35(19)24-12-10-22(11-13-24)23-16-32-30-29(17-33-34(30)18-23)28-9-5-7-26-25(21(3)36)6-4-8-27(26)28/h4-13,16-20,31H,14-15H2,1-3H3/t19-,20+. The second-order valence-electron chi connectivity index (χ2n) is 9.74. The largest absolute Gasteiger partial charge is 0.364 e. The van der Waals surface area contributed by atoms with Gasteiger partial charge in [-0.25, -0.2) is 9.50 Å². The molecular weight excluding hydrogens is 446 g/mol. The Labute approximate surface area is 210 Å². The van der Waals surface area contributed by atoms with Gasteiger partial charge >= 0.3 is 0 Å². The normalized spacial score (nSPS) is 18.1. The molecule has 2 aromatic heterocycles. The molecule has 1 aliphatic rings. The van der Waals surface area contributed by atoms with Gasteiger partial charge in [0.05, 0.1) is 6.20 Å². The summed E-state index contributed by atoms with van der Waals surface area (Å²) in [5.74, 6) is 0.0623. The zero-order valence-corrected chi connectivity index (χ0v) is 20.8. The maximum atomic E-state index is 12.2. The van der Waals surface area contributed by atoms with E-state index in [4.69, 9.17) is 4.98 Å². The van der Waals surface area contributed by atoms with E-state index in [1.807, 2.05) is 47.4 Å². The molecule has 1 N–H and O–H groups in total. The van der Waals surface area contributed by atoms with E-state index in [-0.39, 0.29) is 5.78 Å². The Bertz CT molecular complexity index is 1580. The minimum Gasteiger partial charge on any atom is -0.364 e. The zero-order valence-electron chi connectivity index (χ0n) is 20.8. The van der Waals surface area contributed by atoms with E-state index in [9.17, 15) is 4.79 Å². The fourth-order valence-corrected chi connectivity index (χ4v) is 5.53. The van der Waals surface area contributed by atoms with Gasteiger partial charge in [-0.3, -0.25) is 4.79 Å².